The van der Waals surface area contributed by atoms with E-state index in [1.165, 1.54) is 69.4 Å². The molecule has 1 aromatic rings. The molecule has 104 valence electrons. The Morgan fingerprint density at radius 1 is 1.05 bits per heavy atom. The molecular weight excluding hydrogens is 232 g/mol. The number of hydrogen-bond donors (Lipinski definition) is 1. The summed E-state index contributed by atoms with van der Waals surface area (Å²) in [5.41, 5.74) is 2.93. The Morgan fingerprint density at radius 2 is 1.84 bits per heavy atom. The topological polar surface area (TPSA) is 15.3 Å². The third kappa shape index (κ3) is 3.30. The van der Waals surface area contributed by atoms with Gasteiger partial charge in [-0.2, -0.15) is 0 Å². The average Bonchev–Trinajstić information content (AvgIpc) is 2.90. The van der Waals surface area contributed by atoms with Crippen LogP contribution in [0.5, 0.6) is 0 Å². The maximum atomic E-state index is 3.64. The highest BCUT2D eigenvalue weighted by atomic mass is 15.1. The first kappa shape index (κ1) is 13.0. The lowest BCUT2D eigenvalue weighted by atomic mass is 9.83. The normalized spacial score (nSPS) is 19.7. The molecule has 0 bridgehead atoms. The molecule has 2 aliphatic rings. The number of anilines is 1. The highest BCUT2D eigenvalue weighted by Gasteiger charge is 2.17. The van der Waals surface area contributed by atoms with E-state index >= 15 is 0 Å². The summed E-state index contributed by atoms with van der Waals surface area (Å²) in [6, 6.07) is 8.91. The fourth-order valence-electron chi connectivity index (χ4n) is 3.24. The highest BCUT2D eigenvalue weighted by Crippen LogP contribution is 2.29. The van der Waals surface area contributed by atoms with E-state index in [9.17, 15) is 0 Å². The minimum absolute atomic E-state index is 1.02. The Kier molecular flexibility index (Phi) is 4.39. The average molecular weight is 258 g/mol. The van der Waals surface area contributed by atoms with Crippen molar-refractivity contribution >= 4 is 5.69 Å². The van der Waals surface area contributed by atoms with Crippen molar-refractivity contribution < 1.29 is 0 Å². The predicted octanol–water partition coefficient (Wildman–Crippen LogP) is 3.57. The maximum absolute atomic E-state index is 3.64. The quantitative estimate of drug-likeness (QED) is 0.785. The summed E-state index contributed by atoms with van der Waals surface area (Å²) in [6.07, 6.45) is 8.46. The molecule has 0 atom stereocenters. The van der Waals surface area contributed by atoms with Crippen LogP contribution in [0.3, 0.4) is 0 Å². The number of benzene rings is 1. The van der Waals surface area contributed by atoms with Crippen LogP contribution in [0.4, 0.5) is 5.69 Å². The largest absolute Gasteiger partial charge is 0.371 e. The van der Waals surface area contributed by atoms with Gasteiger partial charge in [-0.1, -0.05) is 37.5 Å². The Labute approximate surface area is 117 Å². The number of para-hydroxylation sites is 1. The number of nitrogens with one attached hydrogen (secondary N) is 1. The molecule has 1 saturated carbocycles. The zero-order valence-corrected chi connectivity index (χ0v) is 11.9. The van der Waals surface area contributed by atoms with Crippen molar-refractivity contribution in [3.05, 3.63) is 29.8 Å². The standard InChI is InChI=1S/C17H26N2/c1-2-9-17(19-12-3-4-13-19)16(8-1)14-18-11-10-15-6-5-7-15/h1-2,8-9,15,18H,3-7,10-14H2. The monoisotopic (exact) mass is 258 g/mol. The van der Waals surface area contributed by atoms with Crippen molar-refractivity contribution in [2.45, 2.75) is 45.1 Å². The summed E-state index contributed by atoms with van der Waals surface area (Å²) in [5.74, 6) is 1.02. The van der Waals surface area contributed by atoms with Crippen molar-refractivity contribution in [3.8, 4) is 0 Å². The summed E-state index contributed by atoms with van der Waals surface area (Å²) in [5, 5.41) is 3.64. The second-order valence-electron chi connectivity index (χ2n) is 6.09. The third-order valence-corrected chi connectivity index (χ3v) is 4.71. The van der Waals surface area contributed by atoms with Crippen LogP contribution in [-0.2, 0) is 6.54 Å². The number of hydrogen-bond acceptors (Lipinski definition) is 2. The molecule has 2 nitrogen and oxygen atoms in total. The minimum Gasteiger partial charge on any atom is -0.371 e. The van der Waals surface area contributed by atoms with Gasteiger partial charge < -0.3 is 10.2 Å². The molecule has 0 spiro atoms. The van der Waals surface area contributed by atoms with Crippen molar-refractivity contribution in [1.82, 2.24) is 5.32 Å². The van der Waals surface area contributed by atoms with Crippen molar-refractivity contribution in [2.24, 2.45) is 5.92 Å². The van der Waals surface area contributed by atoms with Crippen molar-refractivity contribution in [1.29, 1.82) is 0 Å². The molecule has 0 radical (unpaired) electrons. The van der Waals surface area contributed by atoms with Gasteiger partial charge in [-0.15, -0.1) is 0 Å². The molecule has 1 N–H and O–H groups in total. The molecule has 1 aliphatic carbocycles. The molecule has 1 saturated heterocycles. The summed E-state index contributed by atoms with van der Waals surface area (Å²) < 4.78 is 0. The molecule has 0 unspecified atom stereocenters. The van der Waals surface area contributed by atoms with Gasteiger partial charge in [-0.05, 0) is 43.4 Å². The van der Waals surface area contributed by atoms with Crippen LogP contribution in [-0.4, -0.2) is 19.6 Å². The first-order valence-electron chi connectivity index (χ1n) is 7.97. The van der Waals surface area contributed by atoms with Crippen LogP contribution in [0.25, 0.3) is 0 Å². The third-order valence-electron chi connectivity index (χ3n) is 4.71. The molecule has 1 heterocycles. The van der Waals surface area contributed by atoms with Gasteiger partial charge in [0.15, 0.2) is 0 Å². The first-order valence-corrected chi connectivity index (χ1v) is 7.97. The van der Waals surface area contributed by atoms with E-state index in [2.05, 4.69) is 34.5 Å². The maximum Gasteiger partial charge on any atom is 0.0411 e. The Morgan fingerprint density at radius 3 is 2.58 bits per heavy atom. The van der Waals surface area contributed by atoms with Gasteiger partial charge in [0, 0.05) is 25.3 Å². The lowest BCUT2D eigenvalue weighted by Crippen LogP contribution is -2.24. The zero-order valence-electron chi connectivity index (χ0n) is 11.9. The fraction of sp³-hybridized carbons (Fsp3) is 0.647. The van der Waals surface area contributed by atoms with Gasteiger partial charge in [0.2, 0.25) is 0 Å². The summed E-state index contributed by atoms with van der Waals surface area (Å²) in [4.78, 5) is 2.54. The fourth-order valence-corrected chi connectivity index (χ4v) is 3.24. The van der Waals surface area contributed by atoms with E-state index in [4.69, 9.17) is 0 Å². The van der Waals surface area contributed by atoms with Gasteiger partial charge in [-0.25, -0.2) is 0 Å². The Hall–Kier alpha value is -1.02. The summed E-state index contributed by atoms with van der Waals surface area (Å²) in [7, 11) is 0. The smallest absolute Gasteiger partial charge is 0.0411 e. The lowest BCUT2D eigenvalue weighted by molar-refractivity contribution is 0.292. The zero-order chi connectivity index (χ0) is 12.9. The number of nitrogens with zero attached hydrogens (tertiary/aromatic N) is 1. The van der Waals surface area contributed by atoms with Gasteiger partial charge in [0.25, 0.3) is 0 Å². The van der Waals surface area contributed by atoms with E-state index in [0.29, 0.717) is 0 Å². The summed E-state index contributed by atoms with van der Waals surface area (Å²) in [6.45, 7) is 4.68. The second-order valence-corrected chi connectivity index (χ2v) is 6.09. The van der Waals surface area contributed by atoms with E-state index in [1.807, 2.05) is 0 Å². The van der Waals surface area contributed by atoms with Crippen LogP contribution in [0.1, 0.15) is 44.1 Å². The molecule has 0 aromatic heterocycles. The molecule has 19 heavy (non-hydrogen) atoms. The van der Waals surface area contributed by atoms with Gasteiger partial charge in [0.05, 0.1) is 0 Å². The SMILES string of the molecule is c1ccc(N2CCCC2)c(CNCCC2CCC2)c1. The lowest BCUT2D eigenvalue weighted by Gasteiger charge is -2.25. The molecule has 0 amide bonds. The number of rotatable bonds is 6. The van der Waals surface area contributed by atoms with Crippen molar-refractivity contribution in [3.63, 3.8) is 0 Å². The van der Waals surface area contributed by atoms with E-state index in [-0.39, 0.29) is 0 Å². The van der Waals surface area contributed by atoms with Gasteiger partial charge in [0.1, 0.15) is 0 Å². The molecule has 2 fully saturated rings. The Bertz CT molecular complexity index is 392. The molecule has 1 aromatic carbocycles. The minimum atomic E-state index is 1.02. The molecule has 2 heteroatoms. The predicted molar refractivity (Wildman–Crippen MR) is 81.6 cm³/mol. The van der Waals surface area contributed by atoms with Gasteiger partial charge in [-0.3, -0.25) is 0 Å². The van der Waals surface area contributed by atoms with Gasteiger partial charge >= 0.3 is 0 Å². The van der Waals surface area contributed by atoms with Crippen LogP contribution in [0.15, 0.2) is 24.3 Å². The van der Waals surface area contributed by atoms with E-state index in [0.717, 1.165) is 12.5 Å². The highest BCUT2D eigenvalue weighted by molar-refractivity contribution is 5.54. The summed E-state index contributed by atoms with van der Waals surface area (Å²) >= 11 is 0. The first-order chi connectivity index (χ1) is 9.43. The van der Waals surface area contributed by atoms with Crippen LogP contribution in [0, 0.1) is 5.92 Å². The molecule has 3 rings (SSSR count). The van der Waals surface area contributed by atoms with Crippen molar-refractivity contribution in [2.75, 3.05) is 24.5 Å². The van der Waals surface area contributed by atoms with E-state index in [1.54, 1.807) is 0 Å². The van der Waals surface area contributed by atoms with Crippen LogP contribution < -0.4 is 10.2 Å². The van der Waals surface area contributed by atoms with Crippen LogP contribution in [0.2, 0.25) is 0 Å². The van der Waals surface area contributed by atoms with Crippen LogP contribution >= 0.6 is 0 Å². The molecule has 1 aliphatic heterocycles. The van der Waals surface area contributed by atoms with E-state index < -0.39 is 0 Å². The molecular formula is C17H26N2. The Balaban J connectivity index is 1.51. The second kappa shape index (κ2) is 6.42.